The highest BCUT2D eigenvalue weighted by molar-refractivity contribution is 7.89. The first-order chi connectivity index (χ1) is 9.39. The number of rotatable bonds is 3. The van der Waals surface area contributed by atoms with Crippen LogP contribution in [-0.2, 0) is 14.8 Å². The van der Waals surface area contributed by atoms with Crippen LogP contribution in [0.1, 0.15) is 13.8 Å². The maximum Gasteiger partial charge on any atom is 0.243 e. The van der Waals surface area contributed by atoms with Crippen LogP contribution in [0.5, 0.6) is 0 Å². The molecule has 1 aromatic carbocycles. The van der Waals surface area contributed by atoms with Gasteiger partial charge in [0.2, 0.25) is 15.9 Å². The number of hydrogen-bond acceptors (Lipinski definition) is 4. The first-order valence-electron chi connectivity index (χ1n) is 6.51. The Balaban J connectivity index is 0.00000220. The fourth-order valence-electron chi connectivity index (χ4n) is 2.18. The summed E-state index contributed by atoms with van der Waals surface area (Å²) in [5.41, 5.74) is 0.588. The van der Waals surface area contributed by atoms with Crippen LogP contribution in [-0.4, -0.2) is 44.3 Å². The van der Waals surface area contributed by atoms with E-state index in [1.54, 1.807) is 12.1 Å². The summed E-state index contributed by atoms with van der Waals surface area (Å²) < 4.78 is 26.4. The maximum atomic E-state index is 12.5. The minimum atomic E-state index is -3.46. The molecular formula is C13H20ClN3O3S. The molecule has 1 saturated heterocycles. The Morgan fingerprint density at radius 1 is 1.33 bits per heavy atom. The Bertz CT molecular complexity index is 589. The monoisotopic (exact) mass is 333 g/mol. The van der Waals surface area contributed by atoms with E-state index in [2.05, 4.69) is 10.6 Å². The number of anilines is 1. The molecule has 8 heteroatoms. The van der Waals surface area contributed by atoms with Crippen LogP contribution in [0.4, 0.5) is 5.69 Å². The van der Waals surface area contributed by atoms with Gasteiger partial charge in [-0.2, -0.15) is 4.31 Å². The lowest BCUT2D eigenvalue weighted by atomic mass is 10.3. The Kier molecular flexibility index (Phi) is 6.15. The second-order valence-electron chi connectivity index (χ2n) is 4.92. The number of carbonyl (C=O) groups excluding carboxylic acids is 1. The molecule has 0 radical (unpaired) electrons. The van der Waals surface area contributed by atoms with Gasteiger partial charge in [0.15, 0.2) is 0 Å². The second-order valence-corrected chi connectivity index (χ2v) is 6.86. The van der Waals surface area contributed by atoms with Crippen LogP contribution in [0.2, 0.25) is 0 Å². The van der Waals surface area contributed by atoms with E-state index in [9.17, 15) is 13.2 Å². The van der Waals surface area contributed by atoms with Gasteiger partial charge in [-0.1, -0.05) is 0 Å². The summed E-state index contributed by atoms with van der Waals surface area (Å²) >= 11 is 0. The van der Waals surface area contributed by atoms with E-state index < -0.39 is 10.0 Å². The van der Waals surface area contributed by atoms with E-state index in [0.717, 1.165) is 0 Å². The van der Waals surface area contributed by atoms with Crippen molar-refractivity contribution in [2.45, 2.75) is 24.8 Å². The van der Waals surface area contributed by atoms with Crippen molar-refractivity contribution in [2.75, 3.05) is 25.0 Å². The van der Waals surface area contributed by atoms with Crippen molar-refractivity contribution in [1.82, 2.24) is 9.62 Å². The van der Waals surface area contributed by atoms with E-state index in [4.69, 9.17) is 0 Å². The molecule has 0 saturated carbocycles. The standard InChI is InChI=1S/C13H19N3O3S.ClH/c1-10-9-16(8-7-14-10)20(18,19)13-5-3-12(4-6-13)15-11(2)17;/h3-6,10,14H,7-9H2,1-2H3,(H,15,17);1H/t10-;/m0./s1. The summed E-state index contributed by atoms with van der Waals surface area (Å²) in [4.78, 5) is 11.2. The van der Waals surface area contributed by atoms with Crippen molar-refractivity contribution >= 4 is 34.0 Å². The van der Waals surface area contributed by atoms with E-state index in [-0.39, 0.29) is 29.3 Å². The van der Waals surface area contributed by atoms with Crippen molar-refractivity contribution in [3.05, 3.63) is 24.3 Å². The molecule has 1 aliphatic rings. The highest BCUT2D eigenvalue weighted by Crippen LogP contribution is 2.19. The Morgan fingerprint density at radius 3 is 2.48 bits per heavy atom. The molecule has 6 nitrogen and oxygen atoms in total. The van der Waals surface area contributed by atoms with E-state index in [1.165, 1.54) is 23.4 Å². The van der Waals surface area contributed by atoms with Crippen molar-refractivity contribution in [3.63, 3.8) is 0 Å². The molecule has 0 spiro atoms. The van der Waals surface area contributed by atoms with Gasteiger partial charge in [0.25, 0.3) is 0 Å². The molecule has 1 aliphatic heterocycles. The summed E-state index contributed by atoms with van der Waals surface area (Å²) in [6.45, 7) is 4.97. The smallest absolute Gasteiger partial charge is 0.243 e. The second kappa shape index (κ2) is 7.22. The van der Waals surface area contributed by atoms with Crippen LogP contribution >= 0.6 is 12.4 Å². The van der Waals surface area contributed by atoms with Gasteiger partial charge in [-0.3, -0.25) is 4.79 Å². The van der Waals surface area contributed by atoms with Gasteiger partial charge in [-0.05, 0) is 31.2 Å². The minimum absolute atomic E-state index is 0. The third kappa shape index (κ3) is 4.41. The van der Waals surface area contributed by atoms with E-state index in [1.807, 2.05) is 6.92 Å². The SMILES string of the molecule is CC(=O)Nc1ccc(S(=O)(=O)N2CCN[C@@H](C)C2)cc1.Cl. The number of hydrogen-bond donors (Lipinski definition) is 2. The van der Waals surface area contributed by atoms with Gasteiger partial charge in [0.1, 0.15) is 0 Å². The van der Waals surface area contributed by atoms with Crippen molar-refractivity contribution < 1.29 is 13.2 Å². The number of carbonyl (C=O) groups is 1. The number of sulfonamides is 1. The van der Waals surface area contributed by atoms with Crippen LogP contribution in [0.3, 0.4) is 0 Å². The zero-order valence-electron chi connectivity index (χ0n) is 12.0. The highest BCUT2D eigenvalue weighted by Gasteiger charge is 2.28. The lowest BCUT2D eigenvalue weighted by Crippen LogP contribution is -2.51. The topological polar surface area (TPSA) is 78.5 Å². The fraction of sp³-hybridized carbons (Fsp3) is 0.462. The molecule has 1 fully saturated rings. The first kappa shape index (κ1) is 17.9. The summed E-state index contributed by atoms with van der Waals surface area (Å²) in [5, 5.41) is 5.83. The van der Waals surface area contributed by atoms with E-state index >= 15 is 0 Å². The molecule has 1 heterocycles. The average Bonchev–Trinajstić information content (AvgIpc) is 2.38. The molecular weight excluding hydrogens is 314 g/mol. The zero-order chi connectivity index (χ0) is 14.8. The van der Waals surface area contributed by atoms with Gasteiger partial charge in [-0.15, -0.1) is 12.4 Å². The predicted octanol–water partition coefficient (Wildman–Crippen LogP) is 1.05. The fourth-order valence-corrected chi connectivity index (χ4v) is 3.71. The molecule has 21 heavy (non-hydrogen) atoms. The minimum Gasteiger partial charge on any atom is -0.326 e. The van der Waals surface area contributed by atoms with Crippen molar-refractivity contribution in [2.24, 2.45) is 0 Å². The molecule has 0 unspecified atom stereocenters. The normalized spacial score (nSPS) is 19.6. The van der Waals surface area contributed by atoms with Crippen LogP contribution in [0.25, 0.3) is 0 Å². The quantitative estimate of drug-likeness (QED) is 0.866. The highest BCUT2D eigenvalue weighted by atomic mass is 35.5. The van der Waals surface area contributed by atoms with E-state index in [0.29, 0.717) is 25.3 Å². The molecule has 1 amide bonds. The number of nitrogens with one attached hydrogen (secondary N) is 2. The number of nitrogens with zero attached hydrogens (tertiary/aromatic N) is 1. The first-order valence-corrected chi connectivity index (χ1v) is 7.95. The number of amides is 1. The van der Waals surface area contributed by atoms with Crippen LogP contribution < -0.4 is 10.6 Å². The van der Waals surface area contributed by atoms with Crippen LogP contribution in [0.15, 0.2) is 29.2 Å². The van der Waals surface area contributed by atoms with Gasteiger partial charge in [0.05, 0.1) is 4.90 Å². The molecule has 2 rings (SSSR count). The third-order valence-corrected chi connectivity index (χ3v) is 5.02. The lowest BCUT2D eigenvalue weighted by Gasteiger charge is -2.31. The lowest BCUT2D eigenvalue weighted by molar-refractivity contribution is -0.114. The molecule has 0 aliphatic carbocycles. The number of piperazine rings is 1. The number of halogens is 1. The van der Waals surface area contributed by atoms with Crippen molar-refractivity contribution in [1.29, 1.82) is 0 Å². The molecule has 2 N–H and O–H groups in total. The molecule has 1 aromatic rings. The number of benzene rings is 1. The van der Waals surface area contributed by atoms with Crippen LogP contribution in [0, 0.1) is 0 Å². The van der Waals surface area contributed by atoms with Gasteiger partial charge in [0, 0.05) is 38.3 Å². The largest absolute Gasteiger partial charge is 0.326 e. The summed E-state index contributed by atoms with van der Waals surface area (Å²) in [6, 6.07) is 6.39. The van der Waals surface area contributed by atoms with Gasteiger partial charge < -0.3 is 10.6 Å². The molecule has 0 aromatic heterocycles. The van der Waals surface area contributed by atoms with Crippen molar-refractivity contribution in [3.8, 4) is 0 Å². The summed E-state index contributed by atoms with van der Waals surface area (Å²) in [7, 11) is -3.46. The maximum absolute atomic E-state index is 12.5. The molecule has 1 atom stereocenters. The zero-order valence-corrected chi connectivity index (χ0v) is 13.6. The Morgan fingerprint density at radius 2 is 1.95 bits per heavy atom. The third-order valence-electron chi connectivity index (χ3n) is 3.14. The summed E-state index contributed by atoms with van der Waals surface area (Å²) in [5.74, 6) is -0.184. The Labute approximate surface area is 131 Å². The summed E-state index contributed by atoms with van der Waals surface area (Å²) in [6.07, 6.45) is 0. The average molecular weight is 334 g/mol. The predicted molar refractivity (Wildman–Crippen MR) is 84.2 cm³/mol. The molecule has 118 valence electrons. The Hall–Kier alpha value is -1.15. The van der Waals surface area contributed by atoms with Gasteiger partial charge in [-0.25, -0.2) is 8.42 Å². The molecule has 0 bridgehead atoms. The van der Waals surface area contributed by atoms with Gasteiger partial charge >= 0.3 is 0 Å².